The van der Waals surface area contributed by atoms with Crippen LogP contribution in [0.4, 0.5) is 0 Å². The first-order chi connectivity index (χ1) is 14.4. The van der Waals surface area contributed by atoms with Crippen LogP contribution >= 0.6 is 23.5 Å². The SMILES string of the molecule is COC[C@@H]1CC2(CN1C(=O)CNC(=O)C(OC(C)=O)c1ccccc1)SCCCS2. The number of nitrogens with one attached hydrogen (secondary N) is 1. The van der Waals surface area contributed by atoms with Crippen molar-refractivity contribution >= 4 is 41.3 Å². The maximum Gasteiger partial charge on any atom is 0.303 e. The Bertz CT molecular complexity index is 755. The maximum absolute atomic E-state index is 13.0. The molecular weight excluding hydrogens is 424 g/mol. The van der Waals surface area contributed by atoms with E-state index in [9.17, 15) is 14.4 Å². The van der Waals surface area contributed by atoms with E-state index in [0.29, 0.717) is 18.7 Å². The highest BCUT2D eigenvalue weighted by Gasteiger charge is 2.47. The van der Waals surface area contributed by atoms with Gasteiger partial charge in [-0.25, -0.2) is 0 Å². The van der Waals surface area contributed by atoms with Crippen molar-refractivity contribution in [3.8, 4) is 0 Å². The Morgan fingerprint density at radius 1 is 1.23 bits per heavy atom. The molecular formula is C21H28N2O5S2. The second-order valence-corrected chi connectivity index (χ2v) is 10.6. The number of carbonyl (C=O) groups excluding carboxylic acids is 3. The molecule has 0 bridgehead atoms. The van der Waals surface area contributed by atoms with E-state index in [-0.39, 0.29) is 22.6 Å². The summed E-state index contributed by atoms with van der Waals surface area (Å²) < 4.78 is 10.6. The Kier molecular flexibility index (Phi) is 8.07. The number of ether oxygens (including phenoxy) is 2. The lowest BCUT2D eigenvalue weighted by molar-refractivity contribution is -0.154. The number of hydrogen-bond acceptors (Lipinski definition) is 7. The first-order valence-corrected chi connectivity index (χ1v) is 12.0. The molecule has 2 aliphatic heterocycles. The summed E-state index contributed by atoms with van der Waals surface area (Å²) in [6.07, 6.45) is 0.990. The van der Waals surface area contributed by atoms with Crippen LogP contribution in [0.2, 0.25) is 0 Å². The molecule has 1 aromatic carbocycles. The fraction of sp³-hybridized carbons (Fsp3) is 0.571. The molecule has 7 nitrogen and oxygen atoms in total. The zero-order chi connectivity index (χ0) is 21.6. The average molecular weight is 453 g/mol. The van der Waals surface area contributed by atoms with E-state index in [1.54, 1.807) is 31.4 Å². The molecule has 0 saturated carbocycles. The standard InChI is InChI=1S/C21H28N2O5S2/c1-15(24)28-19(16-7-4-3-5-8-16)20(26)22-12-18(25)23-14-21(11-17(23)13-27-2)29-9-6-10-30-21/h3-5,7-8,17,19H,6,9-14H2,1-2H3,(H,22,26)/t17-,19?/m0/s1. The van der Waals surface area contributed by atoms with Crippen molar-refractivity contribution in [2.75, 3.05) is 38.3 Å². The molecule has 1 N–H and O–H groups in total. The largest absolute Gasteiger partial charge is 0.447 e. The van der Waals surface area contributed by atoms with Crippen LogP contribution in [0.1, 0.15) is 31.4 Å². The van der Waals surface area contributed by atoms with E-state index in [0.717, 1.165) is 17.9 Å². The summed E-state index contributed by atoms with van der Waals surface area (Å²) >= 11 is 3.85. The molecule has 164 valence electrons. The number of benzene rings is 1. The summed E-state index contributed by atoms with van der Waals surface area (Å²) in [7, 11) is 1.64. The van der Waals surface area contributed by atoms with Crippen molar-refractivity contribution in [2.45, 2.75) is 36.0 Å². The topological polar surface area (TPSA) is 84.9 Å². The van der Waals surface area contributed by atoms with Gasteiger partial charge >= 0.3 is 5.97 Å². The minimum absolute atomic E-state index is 0.00380. The van der Waals surface area contributed by atoms with Gasteiger partial charge in [0.1, 0.15) is 0 Å². The van der Waals surface area contributed by atoms with Crippen LogP contribution in [-0.2, 0) is 23.9 Å². The third-order valence-corrected chi connectivity index (χ3v) is 8.47. The van der Waals surface area contributed by atoms with E-state index in [4.69, 9.17) is 9.47 Å². The van der Waals surface area contributed by atoms with E-state index >= 15 is 0 Å². The van der Waals surface area contributed by atoms with Crippen LogP contribution in [0.15, 0.2) is 30.3 Å². The molecule has 2 heterocycles. The molecule has 2 saturated heterocycles. The van der Waals surface area contributed by atoms with Crippen LogP contribution in [0, 0.1) is 0 Å². The molecule has 0 aromatic heterocycles. The van der Waals surface area contributed by atoms with Crippen molar-refractivity contribution < 1.29 is 23.9 Å². The van der Waals surface area contributed by atoms with Gasteiger partial charge in [-0.3, -0.25) is 14.4 Å². The second-order valence-electron chi connectivity index (χ2n) is 7.41. The number of esters is 1. The van der Waals surface area contributed by atoms with Gasteiger partial charge in [0, 0.05) is 26.1 Å². The zero-order valence-electron chi connectivity index (χ0n) is 17.3. The number of hydrogen-bond donors (Lipinski definition) is 1. The third kappa shape index (κ3) is 5.70. The minimum Gasteiger partial charge on any atom is -0.447 e. The summed E-state index contributed by atoms with van der Waals surface area (Å²) in [6.45, 7) is 2.24. The zero-order valence-corrected chi connectivity index (χ0v) is 18.9. The van der Waals surface area contributed by atoms with Crippen molar-refractivity contribution in [1.29, 1.82) is 0 Å². The van der Waals surface area contributed by atoms with Gasteiger partial charge in [-0.1, -0.05) is 30.3 Å². The smallest absolute Gasteiger partial charge is 0.303 e. The third-order valence-electron chi connectivity index (χ3n) is 5.14. The molecule has 1 spiro atoms. The molecule has 1 aromatic rings. The number of amides is 2. The van der Waals surface area contributed by atoms with Gasteiger partial charge in [0.05, 0.1) is 23.3 Å². The molecule has 2 aliphatic rings. The van der Waals surface area contributed by atoms with Crippen LogP contribution in [0.25, 0.3) is 0 Å². The molecule has 3 rings (SSSR count). The Hall–Kier alpha value is -1.71. The lowest BCUT2D eigenvalue weighted by Gasteiger charge is -2.31. The van der Waals surface area contributed by atoms with Gasteiger partial charge in [0.15, 0.2) is 0 Å². The number of methoxy groups -OCH3 is 1. The first-order valence-electron chi connectivity index (χ1n) is 10.0. The normalized spacial score (nSPS) is 21.3. The summed E-state index contributed by atoms with van der Waals surface area (Å²) in [4.78, 5) is 39.0. The van der Waals surface area contributed by atoms with Gasteiger partial charge in [-0.05, 0) is 24.3 Å². The fourth-order valence-corrected chi connectivity index (χ4v) is 7.22. The van der Waals surface area contributed by atoms with Crippen molar-refractivity contribution in [3.63, 3.8) is 0 Å². The molecule has 1 unspecified atom stereocenters. The summed E-state index contributed by atoms with van der Waals surface area (Å²) in [6, 6.07) is 8.77. The summed E-state index contributed by atoms with van der Waals surface area (Å²) in [5, 5.41) is 2.66. The molecule has 30 heavy (non-hydrogen) atoms. The summed E-state index contributed by atoms with van der Waals surface area (Å²) in [5.74, 6) is 0.990. The molecule has 0 aliphatic carbocycles. The quantitative estimate of drug-likeness (QED) is 0.635. The number of rotatable bonds is 7. The Balaban J connectivity index is 1.63. The van der Waals surface area contributed by atoms with Crippen LogP contribution in [0.5, 0.6) is 0 Å². The lowest BCUT2D eigenvalue weighted by atomic mass is 10.1. The van der Waals surface area contributed by atoms with Gasteiger partial charge in [-0.2, -0.15) is 0 Å². The minimum atomic E-state index is -1.08. The van der Waals surface area contributed by atoms with Gasteiger partial charge in [0.2, 0.25) is 12.0 Å². The Labute approximate surface area is 185 Å². The Morgan fingerprint density at radius 2 is 1.93 bits per heavy atom. The van der Waals surface area contributed by atoms with Gasteiger partial charge in [0.25, 0.3) is 5.91 Å². The van der Waals surface area contributed by atoms with E-state index in [1.807, 2.05) is 34.5 Å². The molecule has 0 radical (unpaired) electrons. The highest BCUT2D eigenvalue weighted by molar-refractivity contribution is 8.18. The average Bonchev–Trinajstić information content (AvgIpc) is 3.08. The second kappa shape index (κ2) is 10.5. The monoisotopic (exact) mass is 452 g/mol. The van der Waals surface area contributed by atoms with E-state index in [2.05, 4.69) is 5.32 Å². The van der Waals surface area contributed by atoms with Gasteiger partial charge in [-0.15, -0.1) is 23.5 Å². The number of carbonyl (C=O) groups is 3. The van der Waals surface area contributed by atoms with Crippen LogP contribution in [-0.4, -0.2) is 71.1 Å². The highest BCUT2D eigenvalue weighted by Crippen LogP contribution is 2.50. The maximum atomic E-state index is 13.0. The Morgan fingerprint density at radius 3 is 2.57 bits per heavy atom. The van der Waals surface area contributed by atoms with Crippen molar-refractivity contribution in [2.24, 2.45) is 0 Å². The lowest BCUT2D eigenvalue weighted by Crippen LogP contribution is -2.45. The molecule has 2 fully saturated rings. The predicted molar refractivity (Wildman–Crippen MR) is 118 cm³/mol. The van der Waals surface area contributed by atoms with Crippen LogP contribution < -0.4 is 5.32 Å². The number of nitrogens with zero attached hydrogens (tertiary/aromatic N) is 1. The highest BCUT2D eigenvalue weighted by atomic mass is 32.2. The number of thioether (sulfide) groups is 2. The predicted octanol–water partition coefficient (Wildman–Crippen LogP) is 2.22. The first kappa shape index (κ1) is 23.0. The molecule has 9 heteroatoms. The van der Waals surface area contributed by atoms with Gasteiger partial charge < -0.3 is 19.7 Å². The van der Waals surface area contributed by atoms with Crippen molar-refractivity contribution in [3.05, 3.63) is 35.9 Å². The summed E-state index contributed by atoms with van der Waals surface area (Å²) in [5.41, 5.74) is 0.560. The fourth-order valence-electron chi connectivity index (χ4n) is 3.81. The number of likely N-dealkylation sites (tertiary alicyclic amines) is 1. The van der Waals surface area contributed by atoms with E-state index in [1.165, 1.54) is 13.3 Å². The van der Waals surface area contributed by atoms with Crippen molar-refractivity contribution in [1.82, 2.24) is 10.2 Å². The molecule has 2 amide bonds. The molecule has 2 atom stereocenters. The van der Waals surface area contributed by atoms with Crippen LogP contribution in [0.3, 0.4) is 0 Å². The van der Waals surface area contributed by atoms with E-state index < -0.39 is 18.0 Å².